The summed E-state index contributed by atoms with van der Waals surface area (Å²) in [7, 11) is -2.94. The normalized spacial score (nSPS) is 11.1. The molecule has 2 aromatic rings. The van der Waals surface area contributed by atoms with Crippen molar-refractivity contribution in [3.63, 3.8) is 0 Å². The van der Waals surface area contributed by atoms with Crippen LogP contribution in [0, 0.1) is 5.82 Å². The van der Waals surface area contributed by atoms with Crippen LogP contribution in [-0.4, -0.2) is 26.6 Å². The number of benzene rings is 2. The van der Waals surface area contributed by atoms with E-state index >= 15 is 0 Å². The zero-order chi connectivity index (χ0) is 17.2. The molecule has 2 rings (SSSR count). The lowest BCUT2D eigenvalue weighted by Crippen LogP contribution is -2.15. The standard InChI is InChI=1S/C14H11ClFNO5S/c1-22-12-5-2-8(14(18)19)6-13(12)23(20,21)17-11-4-3-9(16)7-10(11)15/h2-7,17H,1H3,(H,18,19). The Morgan fingerprint density at radius 1 is 1.26 bits per heavy atom. The van der Waals surface area contributed by atoms with Gasteiger partial charge in [-0.2, -0.15) is 0 Å². The van der Waals surface area contributed by atoms with Crippen molar-refractivity contribution in [3.05, 3.63) is 52.8 Å². The maximum atomic E-state index is 13.0. The summed E-state index contributed by atoms with van der Waals surface area (Å²) in [4.78, 5) is 10.6. The molecule has 0 heterocycles. The smallest absolute Gasteiger partial charge is 0.335 e. The second-order valence-corrected chi connectivity index (χ2v) is 6.46. The summed E-state index contributed by atoms with van der Waals surface area (Å²) in [6.45, 7) is 0. The highest BCUT2D eigenvalue weighted by molar-refractivity contribution is 7.92. The van der Waals surface area contributed by atoms with Crippen molar-refractivity contribution in [3.8, 4) is 5.75 Å². The molecule has 0 unspecified atom stereocenters. The number of carbonyl (C=O) groups is 1. The van der Waals surface area contributed by atoms with Gasteiger partial charge in [-0.05, 0) is 36.4 Å². The molecule has 0 atom stereocenters. The van der Waals surface area contributed by atoms with Crippen LogP contribution in [-0.2, 0) is 10.0 Å². The third-order valence-electron chi connectivity index (χ3n) is 2.88. The van der Waals surface area contributed by atoms with E-state index in [0.717, 1.165) is 24.3 Å². The van der Waals surface area contributed by atoms with Crippen molar-refractivity contribution in [1.82, 2.24) is 0 Å². The van der Waals surface area contributed by atoms with E-state index < -0.39 is 21.8 Å². The molecule has 0 aliphatic carbocycles. The molecular weight excluding hydrogens is 349 g/mol. The molecule has 9 heteroatoms. The molecule has 0 aromatic heterocycles. The third-order valence-corrected chi connectivity index (χ3v) is 4.57. The molecule has 0 bridgehead atoms. The van der Waals surface area contributed by atoms with Crippen molar-refractivity contribution >= 4 is 33.3 Å². The predicted octanol–water partition coefficient (Wildman–Crippen LogP) is 2.99. The second-order valence-electron chi connectivity index (χ2n) is 4.40. The van der Waals surface area contributed by atoms with Gasteiger partial charge in [-0.15, -0.1) is 0 Å². The molecule has 122 valence electrons. The minimum atomic E-state index is -4.19. The van der Waals surface area contributed by atoms with Gasteiger partial charge in [0.15, 0.2) is 0 Å². The highest BCUT2D eigenvalue weighted by Gasteiger charge is 2.22. The quantitative estimate of drug-likeness (QED) is 0.856. The van der Waals surface area contributed by atoms with E-state index in [1.165, 1.54) is 19.2 Å². The van der Waals surface area contributed by atoms with E-state index in [4.69, 9.17) is 21.4 Å². The SMILES string of the molecule is COc1ccc(C(=O)O)cc1S(=O)(=O)Nc1ccc(F)cc1Cl. The van der Waals surface area contributed by atoms with Crippen molar-refractivity contribution < 1.29 is 27.4 Å². The van der Waals surface area contributed by atoms with Crippen LogP contribution in [0.2, 0.25) is 5.02 Å². The lowest BCUT2D eigenvalue weighted by atomic mass is 10.2. The summed E-state index contributed by atoms with van der Waals surface area (Å²) in [5.74, 6) is -1.95. The van der Waals surface area contributed by atoms with Gasteiger partial charge in [0.2, 0.25) is 0 Å². The summed E-state index contributed by atoms with van der Waals surface area (Å²) >= 11 is 5.79. The van der Waals surface area contributed by atoms with Gasteiger partial charge >= 0.3 is 5.97 Å². The molecule has 0 radical (unpaired) electrons. The zero-order valence-corrected chi connectivity index (χ0v) is 13.3. The fraction of sp³-hybridized carbons (Fsp3) is 0.0714. The molecule has 2 aromatic carbocycles. The molecule has 0 fully saturated rings. The highest BCUT2D eigenvalue weighted by atomic mass is 35.5. The Kier molecular flexibility index (Phi) is 4.76. The number of halogens is 2. The van der Waals surface area contributed by atoms with Crippen LogP contribution in [0.5, 0.6) is 5.75 Å². The Labute approximate surface area is 136 Å². The number of nitrogens with one attached hydrogen (secondary N) is 1. The molecule has 6 nitrogen and oxygen atoms in total. The summed E-state index contributed by atoms with van der Waals surface area (Å²) in [6, 6.07) is 6.54. The van der Waals surface area contributed by atoms with Gasteiger partial charge in [0, 0.05) is 0 Å². The number of methoxy groups -OCH3 is 1. The van der Waals surface area contributed by atoms with E-state index in [0.29, 0.717) is 0 Å². The predicted molar refractivity (Wildman–Crippen MR) is 82.2 cm³/mol. The Morgan fingerprint density at radius 3 is 2.52 bits per heavy atom. The van der Waals surface area contributed by atoms with Crippen molar-refractivity contribution in [2.45, 2.75) is 4.90 Å². The first-order valence-corrected chi connectivity index (χ1v) is 8.00. The van der Waals surface area contributed by atoms with E-state index in [2.05, 4.69) is 4.72 Å². The van der Waals surface area contributed by atoms with Crippen molar-refractivity contribution in [2.24, 2.45) is 0 Å². The van der Waals surface area contributed by atoms with E-state index in [9.17, 15) is 17.6 Å². The van der Waals surface area contributed by atoms with Crippen LogP contribution >= 0.6 is 11.6 Å². The first-order valence-electron chi connectivity index (χ1n) is 6.14. The Morgan fingerprint density at radius 2 is 1.96 bits per heavy atom. The topological polar surface area (TPSA) is 92.7 Å². The molecule has 0 amide bonds. The minimum absolute atomic E-state index is 0.0410. The fourth-order valence-electron chi connectivity index (χ4n) is 1.79. The maximum absolute atomic E-state index is 13.0. The maximum Gasteiger partial charge on any atom is 0.335 e. The van der Waals surface area contributed by atoms with Crippen molar-refractivity contribution in [1.29, 1.82) is 0 Å². The van der Waals surface area contributed by atoms with Gasteiger partial charge < -0.3 is 9.84 Å². The average molecular weight is 360 g/mol. The van der Waals surface area contributed by atoms with Crippen LogP contribution < -0.4 is 9.46 Å². The second kappa shape index (κ2) is 6.43. The van der Waals surface area contributed by atoms with Crippen LogP contribution in [0.15, 0.2) is 41.3 Å². The lowest BCUT2D eigenvalue weighted by molar-refractivity contribution is 0.0696. The van der Waals surface area contributed by atoms with Gasteiger partial charge in [-0.3, -0.25) is 4.72 Å². The molecule has 2 N–H and O–H groups in total. The zero-order valence-electron chi connectivity index (χ0n) is 11.7. The van der Waals surface area contributed by atoms with Crippen LogP contribution in [0.1, 0.15) is 10.4 Å². The van der Waals surface area contributed by atoms with Gasteiger partial charge in [-0.25, -0.2) is 17.6 Å². The van der Waals surface area contributed by atoms with Gasteiger partial charge in [0.1, 0.15) is 16.5 Å². The van der Waals surface area contributed by atoms with E-state index in [1.807, 2.05) is 0 Å². The van der Waals surface area contributed by atoms with Gasteiger partial charge in [0.25, 0.3) is 10.0 Å². The number of carboxylic acids is 1. The first-order chi connectivity index (χ1) is 10.7. The molecule has 0 aliphatic rings. The Bertz CT molecular complexity index is 869. The van der Waals surface area contributed by atoms with Crippen molar-refractivity contribution in [2.75, 3.05) is 11.8 Å². The molecule has 0 saturated heterocycles. The molecule has 0 aliphatic heterocycles. The monoisotopic (exact) mass is 359 g/mol. The summed E-state index contributed by atoms with van der Waals surface area (Å²) in [6.07, 6.45) is 0. The fourth-order valence-corrected chi connectivity index (χ4v) is 3.34. The number of hydrogen-bond donors (Lipinski definition) is 2. The number of carboxylic acid groups (broad SMARTS) is 1. The van der Waals surface area contributed by atoms with E-state index in [1.54, 1.807) is 0 Å². The number of rotatable bonds is 5. The number of ether oxygens (including phenoxy) is 1. The van der Waals surface area contributed by atoms with Crippen LogP contribution in [0.25, 0.3) is 0 Å². The Hall–Kier alpha value is -2.32. The summed E-state index contributed by atoms with van der Waals surface area (Å²) in [5.41, 5.74) is -0.271. The number of anilines is 1. The number of aromatic carboxylic acids is 1. The third kappa shape index (κ3) is 3.72. The average Bonchev–Trinajstić information content (AvgIpc) is 2.49. The van der Waals surface area contributed by atoms with Crippen LogP contribution in [0.4, 0.5) is 10.1 Å². The van der Waals surface area contributed by atoms with E-state index in [-0.39, 0.29) is 26.9 Å². The number of sulfonamides is 1. The van der Waals surface area contributed by atoms with Crippen LogP contribution in [0.3, 0.4) is 0 Å². The summed E-state index contributed by atoms with van der Waals surface area (Å²) in [5, 5.41) is 8.85. The molecule has 0 saturated carbocycles. The van der Waals surface area contributed by atoms with Gasteiger partial charge in [-0.1, -0.05) is 11.6 Å². The summed E-state index contributed by atoms with van der Waals surface area (Å²) < 4.78 is 45.1. The Balaban J connectivity index is 2.50. The molecular formula is C14H11ClFNO5S. The lowest BCUT2D eigenvalue weighted by Gasteiger charge is -2.13. The minimum Gasteiger partial charge on any atom is -0.495 e. The van der Waals surface area contributed by atoms with Gasteiger partial charge in [0.05, 0.1) is 23.4 Å². The number of hydrogen-bond acceptors (Lipinski definition) is 4. The highest BCUT2D eigenvalue weighted by Crippen LogP contribution is 2.30. The largest absolute Gasteiger partial charge is 0.495 e. The molecule has 23 heavy (non-hydrogen) atoms. The first kappa shape index (κ1) is 17.0. The molecule has 0 spiro atoms.